The molecular weight excluding hydrogens is 304 g/mol. The Morgan fingerprint density at radius 2 is 2.29 bits per heavy atom. The molecule has 4 nitrogen and oxygen atoms in total. The molecule has 2 rings (SSSR count). The van der Waals surface area contributed by atoms with Crippen molar-refractivity contribution in [1.82, 2.24) is 4.90 Å². The molecular formula is C14H16ClF2NO3. The van der Waals surface area contributed by atoms with E-state index in [9.17, 15) is 13.6 Å². The van der Waals surface area contributed by atoms with Crippen LogP contribution in [0, 0.1) is 0 Å². The summed E-state index contributed by atoms with van der Waals surface area (Å²) >= 11 is 5.90. The monoisotopic (exact) mass is 319 g/mol. The fourth-order valence-electron chi connectivity index (χ4n) is 2.64. The van der Waals surface area contributed by atoms with Gasteiger partial charge in [-0.3, -0.25) is 9.69 Å². The second kappa shape index (κ2) is 7.04. The number of rotatable bonds is 6. The van der Waals surface area contributed by atoms with Gasteiger partial charge in [-0.1, -0.05) is 11.6 Å². The first-order chi connectivity index (χ1) is 9.95. The zero-order valence-electron chi connectivity index (χ0n) is 11.3. The molecule has 21 heavy (non-hydrogen) atoms. The van der Waals surface area contributed by atoms with Crippen molar-refractivity contribution in [3.8, 4) is 5.75 Å². The average Bonchev–Trinajstić information content (AvgIpc) is 2.79. The van der Waals surface area contributed by atoms with Crippen LogP contribution in [-0.2, 0) is 11.3 Å². The van der Waals surface area contributed by atoms with Crippen molar-refractivity contribution in [3.05, 3.63) is 28.8 Å². The molecule has 1 aliphatic rings. The number of halogens is 3. The largest absolute Gasteiger partial charge is 0.481 e. The molecule has 0 amide bonds. The van der Waals surface area contributed by atoms with E-state index in [1.807, 2.05) is 4.90 Å². The quantitative estimate of drug-likeness (QED) is 0.873. The fraction of sp³-hybridized carbons (Fsp3) is 0.500. The lowest BCUT2D eigenvalue weighted by molar-refractivity contribution is -0.138. The lowest BCUT2D eigenvalue weighted by atomic mass is 10.1. The van der Waals surface area contributed by atoms with E-state index in [-0.39, 0.29) is 18.2 Å². The minimum Gasteiger partial charge on any atom is -0.481 e. The van der Waals surface area contributed by atoms with Crippen LogP contribution >= 0.6 is 11.6 Å². The molecule has 0 spiro atoms. The summed E-state index contributed by atoms with van der Waals surface area (Å²) in [4.78, 5) is 12.8. The van der Waals surface area contributed by atoms with Crippen LogP contribution in [0.15, 0.2) is 18.2 Å². The Hall–Kier alpha value is -1.40. The van der Waals surface area contributed by atoms with Gasteiger partial charge in [0.15, 0.2) is 0 Å². The maximum absolute atomic E-state index is 12.4. The molecule has 1 atom stereocenters. The van der Waals surface area contributed by atoms with Crippen LogP contribution in [0.4, 0.5) is 8.78 Å². The Morgan fingerprint density at radius 3 is 2.95 bits per heavy atom. The lowest BCUT2D eigenvalue weighted by Gasteiger charge is -2.24. The third kappa shape index (κ3) is 4.54. The number of carboxylic acid groups (broad SMARTS) is 1. The number of likely N-dealkylation sites (tertiary alicyclic amines) is 1. The normalized spacial score (nSPS) is 19.1. The van der Waals surface area contributed by atoms with Gasteiger partial charge in [-0.25, -0.2) is 0 Å². The highest BCUT2D eigenvalue weighted by molar-refractivity contribution is 6.30. The van der Waals surface area contributed by atoms with Crippen molar-refractivity contribution < 1.29 is 23.4 Å². The molecule has 1 unspecified atom stereocenters. The summed E-state index contributed by atoms with van der Waals surface area (Å²) in [6, 6.07) is 4.39. The van der Waals surface area contributed by atoms with E-state index >= 15 is 0 Å². The minimum absolute atomic E-state index is 0.0472. The summed E-state index contributed by atoms with van der Waals surface area (Å²) in [5, 5.41) is 9.33. The smallest absolute Gasteiger partial charge is 0.387 e. The van der Waals surface area contributed by atoms with Crippen molar-refractivity contribution >= 4 is 17.6 Å². The van der Waals surface area contributed by atoms with E-state index in [1.165, 1.54) is 12.1 Å². The standard InChI is InChI=1S/C14H16ClF2NO3/c15-10-3-4-12(21-14(16)17)9(6-10)8-18-5-1-2-11(18)7-13(19)20/h3-4,6,11,14H,1-2,5,7-8H2,(H,19,20). The Labute approximate surface area is 126 Å². The molecule has 1 aliphatic heterocycles. The van der Waals surface area contributed by atoms with Crippen LogP contribution < -0.4 is 4.74 Å². The molecule has 0 bridgehead atoms. The summed E-state index contributed by atoms with van der Waals surface area (Å²) in [5.74, 6) is -0.780. The number of hydrogen-bond donors (Lipinski definition) is 1. The second-order valence-corrected chi connectivity index (χ2v) is 5.43. The second-order valence-electron chi connectivity index (χ2n) is 4.99. The van der Waals surface area contributed by atoms with E-state index in [0.717, 1.165) is 19.4 Å². The van der Waals surface area contributed by atoms with Gasteiger partial charge in [-0.2, -0.15) is 8.78 Å². The van der Waals surface area contributed by atoms with E-state index in [0.29, 0.717) is 17.1 Å². The summed E-state index contributed by atoms with van der Waals surface area (Å²) in [6.45, 7) is -1.82. The van der Waals surface area contributed by atoms with E-state index in [2.05, 4.69) is 4.74 Å². The van der Waals surface area contributed by atoms with Crippen LogP contribution in [0.1, 0.15) is 24.8 Å². The van der Waals surface area contributed by atoms with Crippen LogP contribution in [0.5, 0.6) is 5.75 Å². The molecule has 0 radical (unpaired) electrons. The van der Waals surface area contributed by atoms with Gasteiger partial charge in [0.1, 0.15) is 5.75 Å². The maximum atomic E-state index is 12.4. The van der Waals surface area contributed by atoms with Crippen LogP contribution in [0.3, 0.4) is 0 Å². The summed E-state index contributed by atoms with van der Waals surface area (Å²) in [5.41, 5.74) is 0.542. The topological polar surface area (TPSA) is 49.8 Å². The highest BCUT2D eigenvalue weighted by Crippen LogP contribution is 2.29. The van der Waals surface area contributed by atoms with Crippen molar-refractivity contribution in [2.24, 2.45) is 0 Å². The first-order valence-corrected chi connectivity index (χ1v) is 7.02. The number of alkyl halides is 2. The average molecular weight is 320 g/mol. The maximum Gasteiger partial charge on any atom is 0.387 e. The van der Waals surface area contributed by atoms with Crippen molar-refractivity contribution in [1.29, 1.82) is 0 Å². The lowest BCUT2D eigenvalue weighted by Crippen LogP contribution is -2.31. The van der Waals surface area contributed by atoms with Gasteiger partial charge in [-0.05, 0) is 37.6 Å². The Morgan fingerprint density at radius 1 is 1.52 bits per heavy atom. The molecule has 0 aromatic heterocycles. The van der Waals surface area contributed by atoms with Crippen LogP contribution in [0.25, 0.3) is 0 Å². The van der Waals surface area contributed by atoms with Crippen LogP contribution in [-0.4, -0.2) is 35.2 Å². The molecule has 0 aliphatic carbocycles. The minimum atomic E-state index is -2.90. The van der Waals surface area contributed by atoms with Gasteiger partial charge in [0.25, 0.3) is 0 Å². The fourth-order valence-corrected chi connectivity index (χ4v) is 2.83. The summed E-state index contributed by atoms with van der Waals surface area (Å²) in [7, 11) is 0. The van der Waals surface area contributed by atoms with Crippen molar-refractivity contribution in [2.45, 2.75) is 38.5 Å². The van der Waals surface area contributed by atoms with Gasteiger partial charge in [0.05, 0.1) is 6.42 Å². The first kappa shape index (κ1) is 16.0. The van der Waals surface area contributed by atoms with E-state index in [1.54, 1.807) is 6.07 Å². The van der Waals surface area contributed by atoms with E-state index < -0.39 is 12.6 Å². The van der Waals surface area contributed by atoms with E-state index in [4.69, 9.17) is 16.7 Å². The summed E-state index contributed by atoms with van der Waals surface area (Å²) in [6.07, 6.45) is 1.73. The Bertz CT molecular complexity index is 513. The predicted molar refractivity (Wildman–Crippen MR) is 73.8 cm³/mol. The molecule has 1 heterocycles. The molecule has 116 valence electrons. The molecule has 1 N–H and O–H groups in total. The molecule has 1 saturated heterocycles. The highest BCUT2D eigenvalue weighted by Gasteiger charge is 2.27. The number of carboxylic acids is 1. The third-order valence-corrected chi connectivity index (χ3v) is 3.76. The number of nitrogens with zero attached hydrogens (tertiary/aromatic N) is 1. The molecule has 0 saturated carbocycles. The summed E-state index contributed by atoms with van der Waals surface area (Å²) < 4.78 is 29.3. The van der Waals surface area contributed by atoms with Gasteiger partial charge in [0, 0.05) is 23.2 Å². The van der Waals surface area contributed by atoms with Crippen LogP contribution in [0.2, 0.25) is 5.02 Å². The first-order valence-electron chi connectivity index (χ1n) is 6.65. The zero-order chi connectivity index (χ0) is 15.4. The third-order valence-electron chi connectivity index (χ3n) is 3.52. The molecule has 1 aromatic rings. The highest BCUT2D eigenvalue weighted by atomic mass is 35.5. The van der Waals surface area contributed by atoms with Gasteiger partial charge in [-0.15, -0.1) is 0 Å². The number of ether oxygens (including phenoxy) is 1. The SMILES string of the molecule is O=C(O)CC1CCCN1Cc1cc(Cl)ccc1OC(F)F. The van der Waals surface area contributed by atoms with Gasteiger partial charge in [0.2, 0.25) is 0 Å². The number of hydrogen-bond acceptors (Lipinski definition) is 3. The van der Waals surface area contributed by atoms with Gasteiger partial charge < -0.3 is 9.84 Å². The predicted octanol–water partition coefficient (Wildman–Crippen LogP) is 3.38. The van der Waals surface area contributed by atoms with Gasteiger partial charge >= 0.3 is 12.6 Å². The number of carbonyl (C=O) groups is 1. The molecule has 7 heteroatoms. The molecule has 1 fully saturated rings. The van der Waals surface area contributed by atoms with Crippen molar-refractivity contribution in [2.75, 3.05) is 6.54 Å². The number of aliphatic carboxylic acids is 1. The Balaban J connectivity index is 2.13. The number of benzene rings is 1. The van der Waals surface area contributed by atoms with Crippen molar-refractivity contribution in [3.63, 3.8) is 0 Å². The zero-order valence-corrected chi connectivity index (χ0v) is 12.0. The Kier molecular flexibility index (Phi) is 5.36. The molecule has 1 aromatic carbocycles.